The first-order valence-corrected chi connectivity index (χ1v) is 4.64. The minimum absolute atomic E-state index is 0.111. The van der Waals surface area contributed by atoms with Crippen LogP contribution in [0, 0.1) is 0 Å². The maximum atomic E-state index is 9.71. The second kappa shape index (κ2) is 3.70. The zero-order valence-corrected chi connectivity index (χ0v) is 7.67. The van der Waals surface area contributed by atoms with Gasteiger partial charge in [0.25, 0.3) is 0 Å². The Balaban J connectivity index is 2.46. The number of aliphatic hydroxyl groups excluding tert-OH is 1. The summed E-state index contributed by atoms with van der Waals surface area (Å²) in [6.45, 7) is 0. The third-order valence-electron chi connectivity index (χ3n) is 2.62. The van der Waals surface area contributed by atoms with E-state index in [1.165, 1.54) is 0 Å². The van der Waals surface area contributed by atoms with Gasteiger partial charge in [0.05, 0.1) is 12.1 Å². The zero-order valence-electron chi connectivity index (χ0n) is 7.67. The molecule has 1 aliphatic rings. The fourth-order valence-electron chi connectivity index (χ4n) is 1.93. The topological polar surface area (TPSA) is 69.0 Å². The molecule has 0 aromatic heterocycles. The summed E-state index contributed by atoms with van der Waals surface area (Å²) in [6, 6.07) is 7.48. The number of azide groups is 1. The van der Waals surface area contributed by atoms with Crippen molar-refractivity contribution in [1.29, 1.82) is 0 Å². The van der Waals surface area contributed by atoms with Gasteiger partial charge in [0.2, 0.25) is 0 Å². The molecule has 2 atom stereocenters. The van der Waals surface area contributed by atoms with E-state index >= 15 is 0 Å². The van der Waals surface area contributed by atoms with Crippen LogP contribution >= 0.6 is 0 Å². The van der Waals surface area contributed by atoms with Gasteiger partial charge in [-0.1, -0.05) is 29.4 Å². The van der Waals surface area contributed by atoms with Crippen LogP contribution in [0.5, 0.6) is 0 Å². The minimum Gasteiger partial charge on any atom is -0.388 e. The van der Waals surface area contributed by atoms with Gasteiger partial charge in [0.1, 0.15) is 0 Å². The van der Waals surface area contributed by atoms with E-state index in [0.29, 0.717) is 6.42 Å². The van der Waals surface area contributed by atoms with Crippen LogP contribution in [-0.4, -0.2) is 5.11 Å². The largest absolute Gasteiger partial charge is 0.388 e. The van der Waals surface area contributed by atoms with E-state index in [9.17, 15) is 5.11 Å². The van der Waals surface area contributed by atoms with E-state index < -0.39 is 6.10 Å². The Bertz CT molecular complexity index is 385. The third-order valence-corrected chi connectivity index (χ3v) is 2.62. The van der Waals surface area contributed by atoms with Gasteiger partial charge < -0.3 is 5.11 Å². The molecule has 0 spiro atoms. The molecule has 72 valence electrons. The lowest BCUT2D eigenvalue weighted by Crippen LogP contribution is -2.12. The molecule has 0 heterocycles. The van der Waals surface area contributed by atoms with Crippen LogP contribution in [0.25, 0.3) is 10.4 Å². The van der Waals surface area contributed by atoms with Gasteiger partial charge in [-0.05, 0) is 29.5 Å². The molecule has 0 amide bonds. The summed E-state index contributed by atoms with van der Waals surface area (Å²) < 4.78 is 0. The Hall–Kier alpha value is -1.51. The van der Waals surface area contributed by atoms with Crippen molar-refractivity contribution in [1.82, 2.24) is 0 Å². The van der Waals surface area contributed by atoms with Gasteiger partial charge in [-0.3, -0.25) is 0 Å². The van der Waals surface area contributed by atoms with Gasteiger partial charge in [0.15, 0.2) is 0 Å². The van der Waals surface area contributed by atoms with Crippen molar-refractivity contribution in [3.8, 4) is 0 Å². The molecule has 4 heteroatoms. The number of rotatable bonds is 1. The Morgan fingerprint density at radius 1 is 1.29 bits per heavy atom. The van der Waals surface area contributed by atoms with Crippen molar-refractivity contribution in [2.75, 3.05) is 0 Å². The van der Waals surface area contributed by atoms with Gasteiger partial charge in [-0.25, -0.2) is 0 Å². The maximum absolute atomic E-state index is 9.71. The van der Waals surface area contributed by atoms with Gasteiger partial charge in [-0.2, -0.15) is 0 Å². The molecule has 0 saturated carbocycles. The summed E-state index contributed by atoms with van der Waals surface area (Å²) in [7, 11) is 0. The van der Waals surface area contributed by atoms with E-state index in [4.69, 9.17) is 5.53 Å². The van der Waals surface area contributed by atoms with E-state index in [0.717, 1.165) is 17.5 Å². The van der Waals surface area contributed by atoms with Crippen LogP contribution in [0.1, 0.15) is 36.1 Å². The molecule has 4 nitrogen and oxygen atoms in total. The molecule has 0 saturated heterocycles. The normalized spacial score (nSPS) is 24.9. The number of nitrogens with zero attached hydrogens (tertiary/aromatic N) is 3. The average Bonchev–Trinajstić information content (AvgIpc) is 2.23. The van der Waals surface area contributed by atoms with Crippen LogP contribution in [-0.2, 0) is 0 Å². The molecule has 0 bridgehead atoms. The highest BCUT2D eigenvalue weighted by molar-refractivity contribution is 5.33. The molecule has 2 rings (SSSR count). The molecule has 0 radical (unpaired) electrons. The van der Waals surface area contributed by atoms with Crippen LogP contribution in [0.2, 0.25) is 0 Å². The van der Waals surface area contributed by atoms with E-state index in [2.05, 4.69) is 10.0 Å². The first kappa shape index (κ1) is 9.06. The lowest BCUT2D eigenvalue weighted by Gasteiger charge is -2.25. The van der Waals surface area contributed by atoms with E-state index in [1.807, 2.05) is 24.3 Å². The number of fused-ring (bicyclic) bond motifs is 1. The summed E-state index contributed by atoms with van der Waals surface area (Å²) >= 11 is 0. The first-order valence-electron chi connectivity index (χ1n) is 4.64. The first-order chi connectivity index (χ1) is 6.83. The Labute approximate surface area is 81.8 Å². The summed E-state index contributed by atoms with van der Waals surface area (Å²) in [6.07, 6.45) is 0.986. The summed E-state index contributed by atoms with van der Waals surface area (Å²) in [5.74, 6) is 0. The van der Waals surface area contributed by atoms with Crippen molar-refractivity contribution in [3.63, 3.8) is 0 Å². The monoisotopic (exact) mass is 189 g/mol. The van der Waals surface area contributed by atoms with Crippen LogP contribution in [0.15, 0.2) is 29.4 Å². The number of aliphatic hydroxyl groups is 1. The molecule has 1 aliphatic carbocycles. The lowest BCUT2D eigenvalue weighted by atomic mass is 9.86. The Kier molecular flexibility index (Phi) is 2.39. The summed E-state index contributed by atoms with van der Waals surface area (Å²) in [4.78, 5) is 2.83. The lowest BCUT2D eigenvalue weighted by molar-refractivity contribution is 0.151. The van der Waals surface area contributed by atoms with Crippen molar-refractivity contribution >= 4 is 0 Å². The van der Waals surface area contributed by atoms with Crippen LogP contribution in [0.4, 0.5) is 0 Å². The number of benzene rings is 1. The van der Waals surface area contributed by atoms with Crippen LogP contribution in [0.3, 0.4) is 0 Å². The standard InChI is InChI=1S/C10H11N3O/c11-13-12-9-5-6-10(14)8-4-2-1-3-7(8)9/h1-4,9-10,14H,5-6H2/t9-,10-/m1/s1. The number of hydrogen-bond donors (Lipinski definition) is 1. The molecule has 1 aromatic rings. The molecule has 0 unspecified atom stereocenters. The quantitative estimate of drug-likeness (QED) is 0.412. The SMILES string of the molecule is [N-]=[N+]=N[C@@H]1CC[C@@H](O)c2ccccc21. The highest BCUT2D eigenvalue weighted by Crippen LogP contribution is 2.37. The van der Waals surface area contributed by atoms with Crippen molar-refractivity contribution in [3.05, 3.63) is 45.8 Å². The molecule has 1 aromatic carbocycles. The Morgan fingerprint density at radius 3 is 2.71 bits per heavy atom. The predicted octanol–water partition coefficient (Wildman–Crippen LogP) is 2.87. The molecule has 14 heavy (non-hydrogen) atoms. The van der Waals surface area contributed by atoms with Crippen LogP contribution < -0.4 is 0 Å². The highest BCUT2D eigenvalue weighted by Gasteiger charge is 2.24. The molecular formula is C10H11N3O. The second-order valence-corrected chi connectivity index (χ2v) is 3.44. The van der Waals surface area contributed by atoms with Gasteiger partial charge >= 0.3 is 0 Å². The predicted molar refractivity (Wildman–Crippen MR) is 52.5 cm³/mol. The second-order valence-electron chi connectivity index (χ2n) is 3.44. The Morgan fingerprint density at radius 2 is 2.00 bits per heavy atom. The molecule has 0 aliphatic heterocycles. The van der Waals surface area contributed by atoms with E-state index in [1.54, 1.807) is 0 Å². The van der Waals surface area contributed by atoms with E-state index in [-0.39, 0.29) is 6.04 Å². The molecule has 0 fully saturated rings. The molecular weight excluding hydrogens is 178 g/mol. The number of hydrogen-bond acceptors (Lipinski definition) is 2. The molecule has 1 N–H and O–H groups in total. The smallest absolute Gasteiger partial charge is 0.0793 e. The highest BCUT2D eigenvalue weighted by atomic mass is 16.3. The minimum atomic E-state index is -0.406. The van der Waals surface area contributed by atoms with Gasteiger partial charge in [-0.15, -0.1) is 0 Å². The maximum Gasteiger partial charge on any atom is 0.0793 e. The average molecular weight is 189 g/mol. The van der Waals surface area contributed by atoms with Gasteiger partial charge in [0, 0.05) is 4.91 Å². The third kappa shape index (κ3) is 1.45. The zero-order chi connectivity index (χ0) is 9.97. The van der Waals surface area contributed by atoms with Crippen molar-refractivity contribution < 1.29 is 5.11 Å². The van der Waals surface area contributed by atoms with Crippen molar-refractivity contribution in [2.24, 2.45) is 5.11 Å². The summed E-state index contributed by atoms with van der Waals surface area (Å²) in [5.41, 5.74) is 10.3. The van der Waals surface area contributed by atoms with Crippen molar-refractivity contribution in [2.45, 2.75) is 25.0 Å². The fraction of sp³-hybridized carbons (Fsp3) is 0.400. The fourth-order valence-corrected chi connectivity index (χ4v) is 1.93. The summed E-state index contributed by atoms with van der Waals surface area (Å²) in [5, 5.41) is 13.4.